The topological polar surface area (TPSA) is 72.5 Å². The molecule has 23 heavy (non-hydrogen) atoms. The van der Waals surface area contributed by atoms with Gasteiger partial charge in [-0.05, 0) is 50.7 Å². The van der Waals surface area contributed by atoms with Crippen LogP contribution >= 0.6 is 11.3 Å². The minimum Gasteiger partial charge on any atom is -0.377 e. The molecule has 2 heterocycles. The van der Waals surface area contributed by atoms with Crippen molar-refractivity contribution in [1.29, 1.82) is 0 Å². The lowest BCUT2D eigenvalue weighted by Crippen LogP contribution is -2.45. The van der Waals surface area contributed by atoms with E-state index in [0.29, 0.717) is 13.0 Å². The molecular formula is C17H23NO4S. The molecule has 1 aliphatic heterocycles. The molecule has 5 nitrogen and oxygen atoms in total. The van der Waals surface area contributed by atoms with E-state index in [0.717, 1.165) is 23.3 Å². The van der Waals surface area contributed by atoms with Gasteiger partial charge in [0.25, 0.3) is 0 Å². The summed E-state index contributed by atoms with van der Waals surface area (Å²) in [5.74, 6) is -0.554. The van der Waals surface area contributed by atoms with E-state index in [9.17, 15) is 14.4 Å². The predicted molar refractivity (Wildman–Crippen MR) is 88.9 cm³/mol. The number of carbonyl (C=O) groups excluding carboxylic acids is 3. The van der Waals surface area contributed by atoms with E-state index in [1.165, 1.54) is 12.0 Å². The third kappa shape index (κ3) is 4.48. The molecule has 6 heteroatoms. The Hall–Kier alpha value is -1.53. The smallest absolute Gasteiger partial charge is 0.230 e. The van der Waals surface area contributed by atoms with Crippen LogP contribution in [0.4, 0.5) is 0 Å². The van der Waals surface area contributed by atoms with Crippen molar-refractivity contribution < 1.29 is 19.1 Å². The number of ketones is 2. The molecule has 0 saturated carbocycles. The lowest BCUT2D eigenvalue weighted by molar-refractivity contribution is -0.138. The summed E-state index contributed by atoms with van der Waals surface area (Å²) in [6.45, 7) is 4.19. The standard InChI is InChI=1S/C17H23NO4S/c1-10-6-16(11(2)19)23-15(10)5-4-12-7-13(14(20)9-22-3)17(21)18-8-12/h6,12-13H,4-5,7-9H2,1-3H3,(H,18,21). The molecular weight excluding hydrogens is 314 g/mol. The van der Waals surface area contributed by atoms with Crippen LogP contribution in [0, 0.1) is 18.8 Å². The molecule has 1 fully saturated rings. The third-order valence-electron chi connectivity index (χ3n) is 4.27. The van der Waals surface area contributed by atoms with Crippen molar-refractivity contribution in [1.82, 2.24) is 5.32 Å². The number of rotatable bonds is 7. The van der Waals surface area contributed by atoms with Crippen LogP contribution in [0.25, 0.3) is 0 Å². The summed E-state index contributed by atoms with van der Waals surface area (Å²) in [4.78, 5) is 37.2. The van der Waals surface area contributed by atoms with Crippen LogP contribution in [0.3, 0.4) is 0 Å². The minimum absolute atomic E-state index is 0.0171. The van der Waals surface area contributed by atoms with Gasteiger partial charge in [0.1, 0.15) is 6.61 Å². The van der Waals surface area contributed by atoms with Gasteiger partial charge in [-0.3, -0.25) is 14.4 Å². The number of ether oxygens (including phenoxy) is 1. The molecule has 0 radical (unpaired) electrons. The molecule has 1 amide bonds. The lowest BCUT2D eigenvalue weighted by atomic mass is 9.84. The van der Waals surface area contributed by atoms with Gasteiger partial charge in [-0.2, -0.15) is 0 Å². The van der Waals surface area contributed by atoms with Crippen LogP contribution in [-0.4, -0.2) is 37.7 Å². The average molecular weight is 337 g/mol. The molecule has 1 N–H and O–H groups in total. The molecule has 0 bridgehead atoms. The molecule has 126 valence electrons. The number of aryl methyl sites for hydroxylation is 2. The van der Waals surface area contributed by atoms with Gasteiger partial charge in [0.05, 0.1) is 10.8 Å². The number of methoxy groups -OCH3 is 1. The molecule has 1 aromatic rings. The van der Waals surface area contributed by atoms with E-state index in [2.05, 4.69) is 5.32 Å². The van der Waals surface area contributed by atoms with E-state index < -0.39 is 5.92 Å². The van der Waals surface area contributed by atoms with Gasteiger partial charge in [0.15, 0.2) is 11.6 Å². The van der Waals surface area contributed by atoms with Gasteiger partial charge in [-0.15, -0.1) is 11.3 Å². The highest BCUT2D eigenvalue weighted by Gasteiger charge is 2.33. The van der Waals surface area contributed by atoms with Crippen LogP contribution in [-0.2, 0) is 20.7 Å². The number of carbonyl (C=O) groups is 3. The Labute approximate surface area is 140 Å². The van der Waals surface area contributed by atoms with Gasteiger partial charge in [0, 0.05) is 18.5 Å². The zero-order valence-electron chi connectivity index (χ0n) is 13.8. The normalized spacial score (nSPS) is 21.1. The molecule has 0 aliphatic carbocycles. The highest BCUT2D eigenvalue weighted by atomic mass is 32.1. The maximum absolute atomic E-state index is 11.9. The Bertz CT molecular complexity index is 608. The number of piperidine rings is 1. The average Bonchev–Trinajstić information content (AvgIpc) is 2.88. The number of Topliss-reactive ketones (excluding diaryl/α,β-unsaturated/α-hetero) is 2. The summed E-state index contributed by atoms with van der Waals surface area (Å²) in [5, 5.41) is 2.83. The summed E-state index contributed by atoms with van der Waals surface area (Å²) in [6, 6.07) is 1.94. The second-order valence-corrected chi connectivity index (χ2v) is 7.25. The molecule has 0 aromatic carbocycles. The van der Waals surface area contributed by atoms with Crippen LogP contribution in [0.5, 0.6) is 0 Å². The Kier molecular flexibility index (Phi) is 6.07. The van der Waals surface area contributed by atoms with E-state index in [-0.39, 0.29) is 30.0 Å². The molecule has 1 saturated heterocycles. The second kappa shape index (κ2) is 7.84. The van der Waals surface area contributed by atoms with Crippen molar-refractivity contribution in [2.75, 3.05) is 20.3 Å². The van der Waals surface area contributed by atoms with E-state index in [4.69, 9.17) is 4.74 Å². The molecule has 2 rings (SSSR count). The van der Waals surface area contributed by atoms with E-state index in [1.54, 1.807) is 18.3 Å². The Morgan fingerprint density at radius 3 is 2.78 bits per heavy atom. The molecule has 2 unspecified atom stereocenters. The predicted octanol–water partition coefficient (Wildman–Crippen LogP) is 2.16. The SMILES string of the molecule is COCC(=O)C1CC(CCc2sc(C(C)=O)cc2C)CNC1=O. The Balaban J connectivity index is 1.94. The lowest BCUT2D eigenvalue weighted by Gasteiger charge is -2.28. The van der Waals surface area contributed by atoms with Crippen LogP contribution < -0.4 is 5.32 Å². The number of thiophene rings is 1. The fraction of sp³-hybridized carbons (Fsp3) is 0.588. The third-order valence-corrected chi connectivity index (χ3v) is 5.67. The van der Waals surface area contributed by atoms with Crippen molar-refractivity contribution in [2.45, 2.75) is 33.1 Å². The zero-order valence-corrected chi connectivity index (χ0v) is 14.6. The molecule has 1 aromatic heterocycles. The van der Waals surface area contributed by atoms with Gasteiger partial charge >= 0.3 is 0 Å². The first kappa shape index (κ1) is 17.8. The quantitative estimate of drug-likeness (QED) is 0.611. The number of amides is 1. The fourth-order valence-electron chi connectivity index (χ4n) is 2.91. The van der Waals surface area contributed by atoms with Crippen molar-refractivity contribution in [2.24, 2.45) is 11.8 Å². The Morgan fingerprint density at radius 2 is 2.17 bits per heavy atom. The minimum atomic E-state index is -0.592. The summed E-state index contributed by atoms with van der Waals surface area (Å²) >= 11 is 1.55. The number of hydrogen-bond donors (Lipinski definition) is 1. The summed E-state index contributed by atoms with van der Waals surface area (Å²) in [6.07, 6.45) is 2.35. The summed E-state index contributed by atoms with van der Waals surface area (Å²) in [5.41, 5.74) is 1.15. The number of hydrogen-bond acceptors (Lipinski definition) is 5. The van der Waals surface area contributed by atoms with Gasteiger partial charge in [-0.1, -0.05) is 0 Å². The first-order valence-corrected chi connectivity index (χ1v) is 8.63. The van der Waals surface area contributed by atoms with Crippen LogP contribution in [0.15, 0.2) is 6.07 Å². The van der Waals surface area contributed by atoms with Crippen molar-refractivity contribution in [3.8, 4) is 0 Å². The van der Waals surface area contributed by atoms with Gasteiger partial charge < -0.3 is 10.1 Å². The molecule has 2 atom stereocenters. The largest absolute Gasteiger partial charge is 0.377 e. The molecule has 1 aliphatic rings. The fourth-order valence-corrected chi connectivity index (χ4v) is 3.99. The summed E-state index contributed by atoms with van der Waals surface area (Å²) in [7, 11) is 1.46. The van der Waals surface area contributed by atoms with Crippen molar-refractivity contribution in [3.63, 3.8) is 0 Å². The first-order valence-electron chi connectivity index (χ1n) is 7.82. The highest BCUT2D eigenvalue weighted by molar-refractivity contribution is 7.14. The maximum Gasteiger partial charge on any atom is 0.230 e. The van der Waals surface area contributed by atoms with Crippen molar-refractivity contribution >= 4 is 28.8 Å². The maximum atomic E-state index is 11.9. The Morgan fingerprint density at radius 1 is 1.43 bits per heavy atom. The number of nitrogens with one attached hydrogen (secondary N) is 1. The zero-order chi connectivity index (χ0) is 17.0. The highest BCUT2D eigenvalue weighted by Crippen LogP contribution is 2.28. The van der Waals surface area contributed by atoms with Crippen LogP contribution in [0.2, 0.25) is 0 Å². The van der Waals surface area contributed by atoms with Gasteiger partial charge in [-0.25, -0.2) is 0 Å². The first-order chi connectivity index (χ1) is 10.9. The van der Waals surface area contributed by atoms with Crippen LogP contribution in [0.1, 0.15) is 39.9 Å². The van der Waals surface area contributed by atoms with E-state index in [1.807, 2.05) is 13.0 Å². The van der Waals surface area contributed by atoms with Gasteiger partial charge in [0.2, 0.25) is 5.91 Å². The van der Waals surface area contributed by atoms with E-state index >= 15 is 0 Å². The molecule has 0 spiro atoms. The monoisotopic (exact) mass is 337 g/mol. The van der Waals surface area contributed by atoms with Crippen molar-refractivity contribution in [3.05, 3.63) is 21.4 Å². The second-order valence-electron chi connectivity index (χ2n) is 6.11. The summed E-state index contributed by atoms with van der Waals surface area (Å²) < 4.78 is 4.85.